The molecule has 0 fully saturated rings. The third-order valence-electron chi connectivity index (χ3n) is 3.72. The molecule has 0 aliphatic rings. The molecule has 0 spiro atoms. The zero-order chi connectivity index (χ0) is 19.6. The van der Waals surface area contributed by atoms with Crippen LogP contribution in [0, 0.1) is 24.1 Å². The molecule has 0 heterocycles. The molecule has 0 N–H and O–H groups in total. The van der Waals surface area contributed by atoms with Crippen molar-refractivity contribution in [3.63, 3.8) is 0 Å². The van der Waals surface area contributed by atoms with Gasteiger partial charge in [-0.15, -0.1) is 0 Å². The Labute approximate surface area is 157 Å². The number of para-hydroxylation sites is 1. The summed E-state index contributed by atoms with van der Waals surface area (Å²) >= 11 is 0. The van der Waals surface area contributed by atoms with E-state index in [1.807, 2.05) is 37.3 Å². The number of carbonyl (C=O) groups excluding carboxylic acids is 2. The fraction of sp³-hybridized carbons (Fsp3) is 0.190. The summed E-state index contributed by atoms with van der Waals surface area (Å²) in [5.41, 5.74) is 1.97. The fourth-order valence-electron chi connectivity index (χ4n) is 2.31. The van der Waals surface area contributed by atoms with Crippen LogP contribution in [-0.2, 0) is 14.3 Å². The molecule has 0 bridgehead atoms. The first-order chi connectivity index (χ1) is 13.0. The van der Waals surface area contributed by atoms with E-state index in [1.54, 1.807) is 12.1 Å². The monoisotopic (exact) mass is 366 g/mol. The summed E-state index contributed by atoms with van der Waals surface area (Å²) in [7, 11) is 0. The Bertz CT molecular complexity index is 870. The van der Waals surface area contributed by atoms with E-state index in [0.717, 1.165) is 16.0 Å². The normalized spacial score (nSPS) is 10.4. The van der Waals surface area contributed by atoms with E-state index < -0.39 is 24.3 Å². The lowest BCUT2D eigenvalue weighted by Crippen LogP contribution is -2.36. The van der Waals surface area contributed by atoms with Gasteiger partial charge < -0.3 is 9.64 Å². The number of rotatable bonds is 7. The van der Waals surface area contributed by atoms with Crippen molar-refractivity contribution in [3.05, 3.63) is 71.6 Å². The molecular formula is C21H19FN2O3. The van der Waals surface area contributed by atoms with Gasteiger partial charge >= 0.3 is 5.97 Å². The van der Waals surface area contributed by atoms with Crippen LogP contribution in [0.3, 0.4) is 0 Å². The van der Waals surface area contributed by atoms with Gasteiger partial charge in [0.05, 0.1) is 18.2 Å². The van der Waals surface area contributed by atoms with Crippen molar-refractivity contribution in [2.75, 3.05) is 18.1 Å². The zero-order valence-corrected chi connectivity index (χ0v) is 14.9. The van der Waals surface area contributed by atoms with E-state index in [-0.39, 0.29) is 18.7 Å². The van der Waals surface area contributed by atoms with Crippen LogP contribution >= 0.6 is 0 Å². The Morgan fingerprint density at radius 2 is 1.89 bits per heavy atom. The van der Waals surface area contributed by atoms with Crippen molar-refractivity contribution in [3.8, 4) is 6.07 Å². The van der Waals surface area contributed by atoms with Crippen molar-refractivity contribution in [2.24, 2.45) is 0 Å². The van der Waals surface area contributed by atoms with Crippen molar-refractivity contribution in [1.29, 1.82) is 5.26 Å². The second kappa shape index (κ2) is 9.88. The Morgan fingerprint density at radius 3 is 2.56 bits per heavy atom. The largest absolute Gasteiger partial charge is 0.452 e. The molecule has 0 atom stereocenters. The number of anilines is 1. The first kappa shape index (κ1) is 19.9. The minimum Gasteiger partial charge on any atom is -0.452 e. The van der Waals surface area contributed by atoms with Crippen molar-refractivity contribution in [1.82, 2.24) is 0 Å². The van der Waals surface area contributed by atoms with Crippen molar-refractivity contribution in [2.45, 2.75) is 13.3 Å². The van der Waals surface area contributed by atoms with Gasteiger partial charge in [0.15, 0.2) is 6.61 Å². The molecule has 138 valence electrons. The van der Waals surface area contributed by atoms with Crippen LogP contribution in [0.2, 0.25) is 0 Å². The maximum absolute atomic E-state index is 14.0. The minimum absolute atomic E-state index is 0.00697. The molecular weight excluding hydrogens is 347 g/mol. The van der Waals surface area contributed by atoms with Crippen LogP contribution in [0.15, 0.2) is 54.6 Å². The number of carbonyl (C=O) groups is 2. The van der Waals surface area contributed by atoms with E-state index in [2.05, 4.69) is 0 Å². The number of halogens is 1. The average molecular weight is 366 g/mol. The fourth-order valence-corrected chi connectivity index (χ4v) is 2.31. The van der Waals surface area contributed by atoms with Gasteiger partial charge in [-0.3, -0.25) is 4.79 Å². The van der Waals surface area contributed by atoms with Crippen LogP contribution in [0.1, 0.15) is 17.5 Å². The third kappa shape index (κ3) is 6.08. The van der Waals surface area contributed by atoms with Crippen LogP contribution in [-0.4, -0.2) is 25.0 Å². The molecule has 27 heavy (non-hydrogen) atoms. The summed E-state index contributed by atoms with van der Waals surface area (Å²) in [5.74, 6) is -1.88. The number of nitrogens with zero attached hydrogens (tertiary/aromatic N) is 2. The van der Waals surface area contributed by atoms with E-state index in [1.165, 1.54) is 24.3 Å². The number of hydrogen-bond donors (Lipinski definition) is 0. The van der Waals surface area contributed by atoms with Gasteiger partial charge in [0.2, 0.25) is 0 Å². The van der Waals surface area contributed by atoms with Crippen LogP contribution in [0.4, 0.5) is 10.1 Å². The van der Waals surface area contributed by atoms with Crippen LogP contribution in [0.25, 0.3) is 6.08 Å². The molecule has 0 saturated heterocycles. The number of ether oxygens (including phenoxy) is 1. The zero-order valence-electron chi connectivity index (χ0n) is 14.9. The summed E-state index contributed by atoms with van der Waals surface area (Å²) in [5, 5.41) is 8.75. The van der Waals surface area contributed by atoms with E-state index >= 15 is 0 Å². The summed E-state index contributed by atoms with van der Waals surface area (Å²) in [6.45, 7) is 1.42. The molecule has 0 radical (unpaired) electrons. The molecule has 6 heteroatoms. The summed E-state index contributed by atoms with van der Waals surface area (Å²) < 4.78 is 18.9. The first-order valence-corrected chi connectivity index (χ1v) is 8.34. The van der Waals surface area contributed by atoms with Gasteiger partial charge in [-0.25, -0.2) is 9.18 Å². The molecule has 2 rings (SSSR count). The number of amides is 1. The van der Waals surface area contributed by atoms with Crippen LogP contribution in [0.5, 0.6) is 0 Å². The number of nitriles is 1. The molecule has 2 aromatic rings. The van der Waals surface area contributed by atoms with Gasteiger partial charge in [-0.1, -0.05) is 42.0 Å². The Hall–Kier alpha value is -3.46. The second-order valence-electron chi connectivity index (χ2n) is 5.76. The van der Waals surface area contributed by atoms with E-state index in [9.17, 15) is 14.0 Å². The minimum atomic E-state index is -0.683. The maximum Gasteiger partial charge on any atom is 0.331 e. The van der Waals surface area contributed by atoms with Crippen molar-refractivity contribution < 1.29 is 18.7 Å². The van der Waals surface area contributed by atoms with E-state index in [4.69, 9.17) is 10.00 Å². The molecule has 1 amide bonds. The Balaban J connectivity index is 1.98. The van der Waals surface area contributed by atoms with E-state index in [0.29, 0.717) is 0 Å². The molecule has 0 unspecified atom stereocenters. The van der Waals surface area contributed by atoms with Gasteiger partial charge in [0.1, 0.15) is 5.82 Å². The Kier molecular flexibility index (Phi) is 7.26. The molecule has 0 saturated carbocycles. The molecule has 0 aliphatic carbocycles. The summed E-state index contributed by atoms with van der Waals surface area (Å²) in [4.78, 5) is 25.3. The highest BCUT2D eigenvalue weighted by atomic mass is 19.1. The van der Waals surface area contributed by atoms with Crippen molar-refractivity contribution >= 4 is 23.6 Å². The lowest BCUT2D eigenvalue weighted by Gasteiger charge is -2.21. The summed E-state index contributed by atoms with van der Waals surface area (Å²) in [6.07, 6.45) is 2.83. The topological polar surface area (TPSA) is 70.4 Å². The quantitative estimate of drug-likeness (QED) is 0.554. The van der Waals surface area contributed by atoms with Gasteiger partial charge in [0, 0.05) is 12.6 Å². The average Bonchev–Trinajstić information content (AvgIpc) is 2.67. The number of hydrogen-bond acceptors (Lipinski definition) is 4. The Morgan fingerprint density at radius 1 is 1.19 bits per heavy atom. The summed E-state index contributed by atoms with van der Waals surface area (Å²) in [6, 6.07) is 15.2. The lowest BCUT2D eigenvalue weighted by molar-refractivity contribution is -0.142. The third-order valence-corrected chi connectivity index (χ3v) is 3.72. The van der Waals surface area contributed by atoms with Gasteiger partial charge in [-0.05, 0) is 30.7 Å². The van der Waals surface area contributed by atoms with Crippen LogP contribution < -0.4 is 4.90 Å². The second-order valence-corrected chi connectivity index (χ2v) is 5.76. The molecule has 0 aromatic heterocycles. The molecule has 5 nitrogen and oxygen atoms in total. The number of aryl methyl sites for hydroxylation is 1. The van der Waals surface area contributed by atoms with Gasteiger partial charge in [-0.2, -0.15) is 5.26 Å². The highest BCUT2D eigenvalue weighted by Gasteiger charge is 2.19. The van der Waals surface area contributed by atoms with Gasteiger partial charge in [0.25, 0.3) is 5.91 Å². The predicted octanol–water partition coefficient (Wildman–Crippen LogP) is 3.64. The molecule has 0 aliphatic heterocycles. The lowest BCUT2D eigenvalue weighted by atomic mass is 10.1. The number of esters is 1. The smallest absolute Gasteiger partial charge is 0.331 e. The number of benzene rings is 2. The predicted molar refractivity (Wildman–Crippen MR) is 100 cm³/mol. The molecule has 2 aromatic carbocycles. The SMILES string of the molecule is Cc1ccc(/C=C/C(=O)OCC(=O)N(CCC#N)c2ccccc2F)cc1. The highest BCUT2D eigenvalue weighted by molar-refractivity contribution is 5.96. The highest BCUT2D eigenvalue weighted by Crippen LogP contribution is 2.19. The maximum atomic E-state index is 14.0. The first-order valence-electron chi connectivity index (χ1n) is 8.34. The standard InChI is InChI=1S/C21H19FN2O3/c1-16-7-9-17(10-8-16)11-12-21(26)27-15-20(25)24(14-4-13-23)19-6-3-2-5-18(19)22/h2-3,5-12H,4,14-15H2,1H3/b12-11+.